The summed E-state index contributed by atoms with van der Waals surface area (Å²) >= 11 is 0. The molecule has 0 spiro atoms. The van der Waals surface area contributed by atoms with Gasteiger partial charge in [0.1, 0.15) is 11.4 Å². The predicted octanol–water partition coefficient (Wildman–Crippen LogP) is 4.98. The number of nitrogens with one attached hydrogen (secondary N) is 1. The summed E-state index contributed by atoms with van der Waals surface area (Å²) in [6.45, 7) is 9.17. The van der Waals surface area contributed by atoms with Gasteiger partial charge in [-0.25, -0.2) is 14.2 Å². The average molecular weight is 515 g/mol. The first-order chi connectivity index (χ1) is 17.7. The van der Waals surface area contributed by atoms with Crippen molar-refractivity contribution in [1.29, 1.82) is 0 Å². The highest BCUT2D eigenvalue weighted by Gasteiger charge is 2.28. The number of carbonyl (C=O) groups is 2. The van der Waals surface area contributed by atoms with E-state index in [1.807, 2.05) is 20.8 Å². The maximum absolute atomic E-state index is 13.1. The number of aryl methyl sites for hydroxylation is 2. The van der Waals surface area contributed by atoms with E-state index in [4.69, 9.17) is 9.84 Å². The summed E-state index contributed by atoms with van der Waals surface area (Å²) in [5.74, 6) is 0.169. The van der Waals surface area contributed by atoms with Crippen molar-refractivity contribution in [1.82, 2.24) is 14.8 Å². The Kier molecular flexibility index (Phi) is 10.1. The number of halogens is 1. The summed E-state index contributed by atoms with van der Waals surface area (Å²) in [6.07, 6.45) is 4.80. The van der Waals surface area contributed by atoms with E-state index < -0.39 is 5.97 Å². The summed E-state index contributed by atoms with van der Waals surface area (Å²) in [6, 6.07) is 10.7. The number of ether oxygens (including phenoxy) is 1. The van der Waals surface area contributed by atoms with Crippen molar-refractivity contribution < 1.29 is 23.8 Å². The number of carboxylic acid groups (broad SMARTS) is 1. The number of para-hydroxylation sites is 1. The summed E-state index contributed by atoms with van der Waals surface area (Å²) < 4.78 is 18.6. The second kappa shape index (κ2) is 13.3. The van der Waals surface area contributed by atoms with Crippen LogP contribution in [0.25, 0.3) is 0 Å². The molecule has 1 aromatic carbocycles. The van der Waals surface area contributed by atoms with Crippen molar-refractivity contribution in [3.63, 3.8) is 0 Å². The second-order valence-corrected chi connectivity index (χ2v) is 9.99. The van der Waals surface area contributed by atoms with Gasteiger partial charge in [0.25, 0.3) is 0 Å². The summed E-state index contributed by atoms with van der Waals surface area (Å²) in [5, 5.41) is 12.1. The maximum atomic E-state index is 13.1. The van der Waals surface area contributed by atoms with Crippen LogP contribution in [0.3, 0.4) is 0 Å². The van der Waals surface area contributed by atoms with Crippen LogP contribution in [-0.2, 0) is 17.6 Å². The maximum Gasteiger partial charge on any atom is 0.320 e. The molecule has 0 atom stereocenters. The lowest BCUT2D eigenvalue weighted by Crippen LogP contribution is -2.33. The molecular weight excluding hydrogens is 475 g/mol. The Labute approximate surface area is 218 Å². The molecular formula is C28H39FN4O4. The number of aliphatic carboxylic acids is 1. The minimum absolute atomic E-state index is 0.00558. The van der Waals surface area contributed by atoms with E-state index in [2.05, 4.69) is 22.4 Å². The molecule has 1 aromatic heterocycles. The van der Waals surface area contributed by atoms with Gasteiger partial charge in [0, 0.05) is 38.4 Å². The zero-order valence-corrected chi connectivity index (χ0v) is 22.1. The predicted molar refractivity (Wildman–Crippen MR) is 142 cm³/mol. The molecule has 2 N–H and O–H groups in total. The van der Waals surface area contributed by atoms with Gasteiger partial charge in [0.15, 0.2) is 11.6 Å². The molecule has 202 valence electrons. The molecule has 0 bridgehead atoms. The van der Waals surface area contributed by atoms with E-state index in [0.29, 0.717) is 31.9 Å². The number of anilines is 1. The van der Waals surface area contributed by atoms with Gasteiger partial charge in [-0.15, -0.1) is 0 Å². The van der Waals surface area contributed by atoms with Gasteiger partial charge in [-0.1, -0.05) is 25.1 Å². The number of urea groups is 1. The van der Waals surface area contributed by atoms with E-state index in [1.165, 1.54) is 11.6 Å². The number of rotatable bonds is 10. The van der Waals surface area contributed by atoms with E-state index in [-0.39, 0.29) is 23.9 Å². The average Bonchev–Trinajstić information content (AvgIpc) is 3.23. The number of carboxylic acids is 1. The lowest BCUT2D eigenvalue weighted by atomic mass is 10.1. The topological polar surface area (TPSA) is 95.0 Å². The highest BCUT2D eigenvalue weighted by Crippen LogP contribution is 2.23. The van der Waals surface area contributed by atoms with E-state index in [9.17, 15) is 14.0 Å². The Hall–Kier alpha value is -3.36. The quantitative estimate of drug-likeness (QED) is 0.465. The third-order valence-electron chi connectivity index (χ3n) is 6.66. The molecule has 37 heavy (non-hydrogen) atoms. The van der Waals surface area contributed by atoms with Gasteiger partial charge < -0.3 is 25.0 Å². The van der Waals surface area contributed by atoms with Crippen LogP contribution in [-0.4, -0.2) is 70.2 Å². The van der Waals surface area contributed by atoms with E-state index in [1.54, 1.807) is 28.0 Å². The fourth-order valence-corrected chi connectivity index (χ4v) is 4.13. The Morgan fingerprint density at radius 3 is 2.59 bits per heavy atom. The van der Waals surface area contributed by atoms with E-state index >= 15 is 0 Å². The Bertz CT molecular complexity index is 1060. The molecule has 0 unspecified atom stereocenters. The SMILES string of the molecule is CCC(C)(C)Oc1ccccc1F.O=C(O)CCN1CCN(CCCc2ccc3c(n2)NCCC3)C1=O. The van der Waals surface area contributed by atoms with Crippen molar-refractivity contribution in [2.75, 3.05) is 38.0 Å². The minimum Gasteiger partial charge on any atom is -0.485 e. The van der Waals surface area contributed by atoms with Crippen LogP contribution in [0.2, 0.25) is 0 Å². The number of fused-ring (bicyclic) bond motifs is 1. The molecule has 0 saturated carbocycles. The molecule has 0 radical (unpaired) electrons. The van der Waals surface area contributed by atoms with Crippen molar-refractivity contribution >= 4 is 17.8 Å². The number of hydrogen-bond acceptors (Lipinski definition) is 5. The highest BCUT2D eigenvalue weighted by molar-refractivity contribution is 5.77. The van der Waals surface area contributed by atoms with Gasteiger partial charge in [-0.2, -0.15) is 0 Å². The number of nitrogens with zero attached hydrogens (tertiary/aromatic N) is 3. The number of amides is 2. The van der Waals surface area contributed by atoms with Crippen molar-refractivity contribution in [2.45, 2.75) is 64.9 Å². The van der Waals surface area contributed by atoms with Crippen LogP contribution in [0.4, 0.5) is 15.0 Å². The van der Waals surface area contributed by atoms with Crippen molar-refractivity contribution in [3.05, 3.63) is 53.5 Å². The lowest BCUT2D eigenvalue weighted by molar-refractivity contribution is -0.137. The molecule has 2 aliphatic heterocycles. The van der Waals surface area contributed by atoms with Crippen molar-refractivity contribution in [2.24, 2.45) is 0 Å². The van der Waals surface area contributed by atoms with Gasteiger partial charge in [-0.3, -0.25) is 4.79 Å². The number of hydrogen-bond donors (Lipinski definition) is 2. The first-order valence-corrected chi connectivity index (χ1v) is 13.1. The largest absolute Gasteiger partial charge is 0.485 e. The fraction of sp³-hybridized carbons (Fsp3) is 0.536. The number of benzene rings is 1. The molecule has 2 aromatic rings. The van der Waals surface area contributed by atoms with Crippen LogP contribution >= 0.6 is 0 Å². The van der Waals surface area contributed by atoms with Crippen molar-refractivity contribution in [3.8, 4) is 5.75 Å². The first kappa shape index (κ1) is 28.2. The van der Waals surface area contributed by atoms with Gasteiger partial charge in [0.2, 0.25) is 0 Å². The van der Waals surface area contributed by atoms with Crippen LogP contribution < -0.4 is 10.1 Å². The van der Waals surface area contributed by atoms with E-state index in [0.717, 1.165) is 50.2 Å². The molecule has 9 heteroatoms. The normalized spacial score (nSPS) is 15.0. The summed E-state index contributed by atoms with van der Waals surface area (Å²) in [5.41, 5.74) is 2.04. The number of aromatic nitrogens is 1. The third-order valence-corrected chi connectivity index (χ3v) is 6.66. The van der Waals surface area contributed by atoms with Gasteiger partial charge in [0.05, 0.1) is 6.42 Å². The third kappa shape index (κ3) is 8.61. The Morgan fingerprint density at radius 2 is 1.89 bits per heavy atom. The molecule has 1 fully saturated rings. The summed E-state index contributed by atoms with van der Waals surface area (Å²) in [4.78, 5) is 30.9. The molecule has 4 rings (SSSR count). The molecule has 3 heterocycles. The second-order valence-electron chi connectivity index (χ2n) is 9.99. The smallest absolute Gasteiger partial charge is 0.320 e. The minimum atomic E-state index is -0.867. The number of pyridine rings is 1. The highest BCUT2D eigenvalue weighted by atomic mass is 19.1. The molecule has 2 aliphatic rings. The first-order valence-electron chi connectivity index (χ1n) is 13.1. The van der Waals surface area contributed by atoms with Crippen LogP contribution in [0.5, 0.6) is 5.75 Å². The summed E-state index contributed by atoms with van der Waals surface area (Å²) in [7, 11) is 0. The lowest BCUT2D eigenvalue weighted by Gasteiger charge is -2.24. The van der Waals surface area contributed by atoms with Crippen LogP contribution in [0.1, 0.15) is 57.7 Å². The van der Waals surface area contributed by atoms with Gasteiger partial charge >= 0.3 is 12.0 Å². The molecule has 2 amide bonds. The van der Waals surface area contributed by atoms with Gasteiger partial charge in [-0.05, 0) is 69.7 Å². The molecule has 1 saturated heterocycles. The monoisotopic (exact) mass is 514 g/mol. The Balaban J connectivity index is 0.000000248. The zero-order chi connectivity index (χ0) is 26.8. The molecule has 8 nitrogen and oxygen atoms in total. The standard InChI is InChI=1S/C17H24N4O3.C11H15FO/c22-15(23)7-10-21-12-11-20(17(21)24)9-2-4-14-6-5-13-3-1-8-18-16(13)19-14;1-4-11(2,3)13-10-8-6-5-7-9(10)12/h5-6H,1-4,7-12H2,(H,18,19)(H,22,23);5-8H,4H2,1-3H3. The fourth-order valence-electron chi connectivity index (χ4n) is 4.13. The van der Waals surface area contributed by atoms with Crippen LogP contribution in [0.15, 0.2) is 36.4 Å². The molecule has 0 aliphatic carbocycles. The number of carbonyl (C=O) groups excluding carboxylic acids is 1. The van der Waals surface area contributed by atoms with Crippen LogP contribution in [0, 0.1) is 5.82 Å². The zero-order valence-electron chi connectivity index (χ0n) is 22.1. The Morgan fingerprint density at radius 1 is 1.16 bits per heavy atom.